The topological polar surface area (TPSA) is 86.7 Å². The largest absolute Gasteiger partial charge is 0.456 e. The lowest BCUT2D eigenvalue weighted by molar-refractivity contribution is 0.0469. The van der Waals surface area contributed by atoms with Gasteiger partial charge in [0.25, 0.3) is 5.56 Å². The number of pyridine rings is 1. The maximum absolute atomic E-state index is 13.0. The summed E-state index contributed by atoms with van der Waals surface area (Å²) < 4.78 is 20.2. The number of carbonyl (C=O) groups is 1. The summed E-state index contributed by atoms with van der Waals surface area (Å²) in [7, 11) is 0. The Bertz CT molecular complexity index is 1000. The molecule has 2 heterocycles. The molecule has 0 aliphatic rings. The molecule has 122 valence electrons. The van der Waals surface area contributed by atoms with E-state index in [1.165, 1.54) is 16.5 Å². The number of esters is 1. The number of fused-ring (bicyclic) bond motifs is 1. The number of aromatic nitrogens is 2. The van der Waals surface area contributed by atoms with Crippen molar-refractivity contribution in [1.82, 2.24) is 9.38 Å². The molecule has 0 saturated heterocycles. The normalized spacial score (nSPS) is 10.8. The van der Waals surface area contributed by atoms with E-state index in [4.69, 9.17) is 10.5 Å². The van der Waals surface area contributed by atoms with Crippen LogP contribution in [0.1, 0.15) is 16.1 Å². The van der Waals surface area contributed by atoms with Gasteiger partial charge in [-0.05, 0) is 46.3 Å². The zero-order valence-corrected chi connectivity index (χ0v) is 13.8. The Morgan fingerprint density at radius 2 is 2.08 bits per heavy atom. The monoisotopic (exact) mass is 391 g/mol. The molecule has 0 bridgehead atoms. The van der Waals surface area contributed by atoms with E-state index in [9.17, 15) is 14.0 Å². The fourth-order valence-electron chi connectivity index (χ4n) is 2.14. The number of hydrogen-bond acceptors (Lipinski definition) is 5. The molecule has 0 amide bonds. The summed E-state index contributed by atoms with van der Waals surface area (Å²) in [6.45, 7) is -0.197. The van der Waals surface area contributed by atoms with Crippen LogP contribution in [0.4, 0.5) is 10.1 Å². The second-order valence-electron chi connectivity index (χ2n) is 4.97. The summed E-state index contributed by atoms with van der Waals surface area (Å²) >= 11 is 3.28. The summed E-state index contributed by atoms with van der Waals surface area (Å²) in [4.78, 5) is 28.3. The molecule has 0 saturated carbocycles. The Labute approximate surface area is 143 Å². The van der Waals surface area contributed by atoms with Gasteiger partial charge in [-0.15, -0.1) is 0 Å². The van der Waals surface area contributed by atoms with Crippen LogP contribution < -0.4 is 11.3 Å². The fraction of sp³-hybridized carbons (Fsp3) is 0.0625. The van der Waals surface area contributed by atoms with Crippen molar-refractivity contribution in [2.24, 2.45) is 0 Å². The van der Waals surface area contributed by atoms with Crippen molar-refractivity contribution in [2.75, 3.05) is 5.73 Å². The van der Waals surface area contributed by atoms with Gasteiger partial charge in [0.1, 0.15) is 18.1 Å². The number of anilines is 1. The molecule has 8 heteroatoms. The van der Waals surface area contributed by atoms with Crippen LogP contribution in [0.2, 0.25) is 0 Å². The number of ether oxygens (including phenoxy) is 1. The Morgan fingerprint density at radius 3 is 2.83 bits per heavy atom. The summed E-state index contributed by atoms with van der Waals surface area (Å²) in [5, 5.41) is 0. The van der Waals surface area contributed by atoms with Crippen molar-refractivity contribution in [2.45, 2.75) is 6.61 Å². The van der Waals surface area contributed by atoms with Gasteiger partial charge in [-0.3, -0.25) is 9.20 Å². The molecule has 2 aromatic heterocycles. The van der Waals surface area contributed by atoms with Crippen molar-refractivity contribution < 1.29 is 13.9 Å². The van der Waals surface area contributed by atoms with E-state index in [0.29, 0.717) is 11.3 Å². The first-order chi connectivity index (χ1) is 11.4. The van der Waals surface area contributed by atoms with Crippen LogP contribution in [0.15, 0.2) is 51.9 Å². The minimum Gasteiger partial charge on any atom is -0.456 e. The number of nitrogen functional groups attached to an aromatic ring is 1. The van der Waals surface area contributed by atoms with Gasteiger partial charge in [0.05, 0.1) is 11.3 Å². The van der Waals surface area contributed by atoms with Gasteiger partial charge in [-0.2, -0.15) is 0 Å². The van der Waals surface area contributed by atoms with E-state index < -0.39 is 11.8 Å². The first-order valence-electron chi connectivity index (χ1n) is 6.84. The summed E-state index contributed by atoms with van der Waals surface area (Å²) in [5.74, 6) is -1.26. The SMILES string of the molecule is Nc1cc(F)ccc1C(=O)OCc1cc(=O)n2cc(Br)ccc2n1. The lowest BCUT2D eigenvalue weighted by atomic mass is 10.2. The molecule has 3 aromatic rings. The minimum absolute atomic E-state index is 0.0172. The van der Waals surface area contributed by atoms with Crippen LogP contribution in [-0.4, -0.2) is 15.4 Å². The van der Waals surface area contributed by atoms with Crippen molar-refractivity contribution in [3.8, 4) is 0 Å². The average Bonchev–Trinajstić information content (AvgIpc) is 2.53. The Kier molecular flexibility index (Phi) is 4.30. The Hall–Kier alpha value is -2.74. The predicted octanol–water partition coefficient (Wildman–Crippen LogP) is 2.54. The van der Waals surface area contributed by atoms with Crippen LogP contribution in [0.25, 0.3) is 5.65 Å². The Morgan fingerprint density at radius 1 is 1.29 bits per heavy atom. The molecule has 0 unspecified atom stereocenters. The van der Waals surface area contributed by atoms with Crippen molar-refractivity contribution in [1.29, 1.82) is 0 Å². The highest BCUT2D eigenvalue weighted by Crippen LogP contribution is 2.15. The first kappa shape index (κ1) is 16.1. The molecular weight excluding hydrogens is 381 g/mol. The summed E-state index contributed by atoms with van der Waals surface area (Å²) in [6, 6.07) is 8.08. The fourth-order valence-corrected chi connectivity index (χ4v) is 2.47. The number of halogens is 2. The maximum Gasteiger partial charge on any atom is 0.340 e. The standard InChI is InChI=1S/C16H11BrFN3O3/c17-9-1-4-14-20-11(6-15(22)21(14)7-9)8-24-16(23)12-3-2-10(18)5-13(12)19/h1-7H,8,19H2. The van der Waals surface area contributed by atoms with E-state index in [1.807, 2.05) is 0 Å². The van der Waals surface area contributed by atoms with Crippen molar-refractivity contribution >= 4 is 33.2 Å². The van der Waals surface area contributed by atoms with Gasteiger partial charge in [-0.25, -0.2) is 14.2 Å². The van der Waals surface area contributed by atoms with Crippen LogP contribution in [0, 0.1) is 5.82 Å². The molecule has 0 atom stereocenters. The molecule has 1 aromatic carbocycles. The maximum atomic E-state index is 13.0. The third-order valence-electron chi connectivity index (χ3n) is 3.26. The van der Waals surface area contributed by atoms with Crippen LogP contribution in [0.3, 0.4) is 0 Å². The average molecular weight is 392 g/mol. The van der Waals surface area contributed by atoms with Gasteiger partial charge in [-0.1, -0.05) is 0 Å². The third kappa shape index (κ3) is 3.28. The first-order valence-corrected chi connectivity index (χ1v) is 7.63. The van der Waals surface area contributed by atoms with Gasteiger partial charge in [0.2, 0.25) is 0 Å². The second kappa shape index (κ2) is 6.40. The number of rotatable bonds is 3. The number of hydrogen-bond donors (Lipinski definition) is 1. The number of carbonyl (C=O) groups excluding carboxylic acids is 1. The van der Waals surface area contributed by atoms with Crippen LogP contribution in [0.5, 0.6) is 0 Å². The molecule has 0 spiro atoms. The molecule has 0 aliphatic carbocycles. The lowest BCUT2D eigenvalue weighted by Crippen LogP contribution is -2.17. The van der Waals surface area contributed by atoms with Crippen LogP contribution >= 0.6 is 15.9 Å². The zero-order valence-electron chi connectivity index (χ0n) is 12.2. The molecular formula is C16H11BrFN3O3. The highest BCUT2D eigenvalue weighted by atomic mass is 79.9. The van der Waals surface area contributed by atoms with E-state index in [0.717, 1.165) is 16.6 Å². The van der Waals surface area contributed by atoms with E-state index in [2.05, 4.69) is 20.9 Å². The predicted molar refractivity (Wildman–Crippen MR) is 89.1 cm³/mol. The molecule has 0 fully saturated rings. The third-order valence-corrected chi connectivity index (χ3v) is 3.73. The van der Waals surface area contributed by atoms with Gasteiger partial charge >= 0.3 is 5.97 Å². The number of benzene rings is 1. The lowest BCUT2D eigenvalue weighted by Gasteiger charge is -2.08. The highest BCUT2D eigenvalue weighted by Gasteiger charge is 2.13. The smallest absolute Gasteiger partial charge is 0.340 e. The van der Waals surface area contributed by atoms with E-state index >= 15 is 0 Å². The molecule has 6 nitrogen and oxygen atoms in total. The Balaban J connectivity index is 1.81. The molecule has 24 heavy (non-hydrogen) atoms. The van der Waals surface area contributed by atoms with Gasteiger partial charge < -0.3 is 10.5 Å². The molecule has 0 aliphatic heterocycles. The summed E-state index contributed by atoms with van der Waals surface area (Å²) in [6.07, 6.45) is 1.60. The quantitative estimate of drug-likeness (QED) is 0.547. The van der Waals surface area contributed by atoms with Gasteiger partial charge in [0, 0.05) is 22.4 Å². The van der Waals surface area contributed by atoms with E-state index in [1.54, 1.807) is 18.3 Å². The second-order valence-corrected chi connectivity index (χ2v) is 5.88. The molecule has 3 rings (SSSR count). The molecule has 0 radical (unpaired) electrons. The van der Waals surface area contributed by atoms with Crippen LogP contribution in [-0.2, 0) is 11.3 Å². The van der Waals surface area contributed by atoms with Crippen molar-refractivity contribution in [3.05, 3.63) is 74.5 Å². The molecule has 2 N–H and O–H groups in total. The minimum atomic E-state index is -0.717. The van der Waals surface area contributed by atoms with Gasteiger partial charge in [0.15, 0.2) is 0 Å². The van der Waals surface area contributed by atoms with E-state index in [-0.39, 0.29) is 23.4 Å². The van der Waals surface area contributed by atoms with Crippen molar-refractivity contribution in [3.63, 3.8) is 0 Å². The highest BCUT2D eigenvalue weighted by molar-refractivity contribution is 9.10. The number of nitrogens with two attached hydrogens (primary N) is 1. The number of nitrogens with zero attached hydrogens (tertiary/aromatic N) is 2. The summed E-state index contributed by atoms with van der Waals surface area (Å²) in [5.41, 5.74) is 6.06. The zero-order chi connectivity index (χ0) is 17.3.